The summed E-state index contributed by atoms with van der Waals surface area (Å²) in [5.74, 6) is 0.160. The van der Waals surface area contributed by atoms with Gasteiger partial charge in [0.05, 0.1) is 10.4 Å². The van der Waals surface area contributed by atoms with Crippen molar-refractivity contribution in [1.82, 2.24) is 4.72 Å². The van der Waals surface area contributed by atoms with Gasteiger partial charge >= 0.3 is 0 Å². The number of rotatable bonds is 8. The van der Waals surface area contributed by atoms with Crippen molar-refractivity contribution < 1.29 is 13.5 Å². The first-order chi connectivity index (χ1) is 8.94. The summed E-state index contributed by atoms with van der Waals surface area (Å²) in [6.07, 6.45) is 2.72. The fraction of sp³-hybridized carbons (Fsp3) is 0.667. The lowest BCUT2D eigenvalue weighted by Gasteiger charge is -2.24. The van der Waals surface area contributed by atoms with Gasteiger partial charge < -0.3 is 5.11 Å². The van der Waals surface area contributed by atoms with Crippen LogP contribution in [0.3, 0.4) is 0 Å². The van der Waals surface area contributed by atoms with Crippen LogP contribution in [-0.4, -0.2) is 26.2 Å². The maximum atomic E-state index is 12.2. The summed E-state index contributed by atoms with van der Waals surface area (Å²) in [4.78, 5) is 0. The topological polar surface area (TPSA) is 66.4 Å². The van der Waals surface area contributed by atoms with Gasteiger partial charge in [-0.1, -0.05) is 26.7 Å². The Hall–Kier alpha value is 0.0500. The Morgan fingerprint density at radius 3 is 2.53 bits per heavy atom. The van der Waals surface area contributed by atoms with E-state index in [-0.39, 0.29) is 16.7 Å². The number of hydrogen-bond donors (Lipinski definition) is 2. The van der Waals surface area contributed by atoms with Crippen molar-refractivity contribution >= 4 is 37.3 Å². The van der Waals surface area contributed by atoms with Crippen molar-refractivity contribution in [3.63, 3.8) is 0 Å². The van der Waals surface area contributed by atoms with E-state index in [1.54, 1.807) is 12.1 Å². The van der Waals surface area contributed by atoms with Crippen LogP contribution in [0, 0.1) is 5.92 Å². The van der Waals surface area contributed by atoms with Gasteiger partial charge in [0, 0.05) is 6.04 Å². The van der Waals surface area contributed by atoms with Gasteiger partial charge in [0.15, 0.2) is 0 Å². The van der Waals surface area contributed by atoms with Gasteiger partial charge in [-0.25, -0.2) is 13.1 Å². The second-order valence-electron chi connectivity index (χ2n) is 4.43. The molecule has 0 saturated carbocycles. The highest BCUT2D eigenvalue weighted by atomic mass is 79.9. The summed E-state index contributed by atoms with van der Waals surface area (Å²) < 4.78 is 28.1. The summed E-state index contributed by atoms with van der Waals surface area (Å²) in [5.41, 5.74) is 0. The highest BCUT2D eigenvalue weighted by Gasteiger charge is 2.26. The molecule has 0 fully saturated rings. The van der Waals surface area contributed by atoms with Gasteiger partial charge in [-0.3, -0.25) is 0 Å². The monoisotopic (exact) mass is 369 g/mol. The Bertz CT molecular complexity index is 487. The van der Waals surface area contributed by atoms with Crippen molar-refractivity contribution in [2.45, 2.75) is 43.4 Å². The minimum absolute atomic E-state index is 0.160. The average molecular weight is 370 g/mol. The van der Waals surface area contributed by atoms with Gasteiger partial charge in [-0.05, 0) is 40.4 Å². The highest BCUT2D eigenvalue weighted by molar-refractivity contribution is 9.11. The molecule has 0 radical (unpaired) electrons. The molecule has 7 heteroatoms. The van der Waals surface area contributed by atoms with E-state index < -0.39 is 16.1 Å². The van der Waals surface area contributed by atoms with Gasteiger partial charge in [-0.2, -0.15) is 0 Å². The van der Waals surface area contributed by atoms with Crippen molar-refractivity contribution in [2.75, 3.05) is 6.61 Å². The predicted octanol–water partition coefficient (Wildman–Crippen LogP) is 2.98. The molecule has 19 heavy (non-hydrogen) atoms. The standard InChI is InChI=1S/C12H20BrNO3S2/c1-3-5-9(4-2)10(8-15)14-19(16,17)12-7-6-11(13)18-12/h6-7,9-10,14-15H,3-5,8H2,1-2H3/t9-,10+/m1/s1. The van der Waals surface area contributed by atoms with Gasteiger partial charge in [-0.15, -0.1) is 11.3 Å². The predicted molar refractivity (Wildman–Crippen MR) is 81.9 cm³/mol. The largest absolute Gasteiger partial charge is 0.395 e. The molecule has 1 aromatic heterocycles. The minimum Gasteiger partial charge on any atom is -0.395 e. The van der Waals surface area contributed by atoms with E-state index in [9.17, 15) is 13.5 Å². The molecule has 0 aromatic carbocycles. The van der Waals surface area contributed by atoms with Crippen LogP contribution >= 0.6 is 27.3 Å². The molecule has 0 aliphatic rings. The summed E-state index contributed by atoms with van der Waals surface area (Å²) in [6, 6.07) is 2.85. The molecule has 0 spiro atoms. The summed E-state index contributed by atoms with van der Waals surface area (Å²) in [7, 11) is -3.55. The molecule has 2 N–H and O–H groups in total. The smallest absolute Gasteiger partial charge is 0.250 e. The Kier molecular flexibility index (Phi) is 6.96. The van der Waals surface area contributed by atoms with Crippen molar-refractivity contribution in [2.24, 2.45) is 5.92 Å². The minimum atomic E-state index is -3.55. The molecular formula is C12H20BrNO3S2. The maximum Gasteiger partial charge on any atom is 0.250 e. The molecule has 0 aliphatic heterocycles. The van der Waals surface area contributed by atoms with Crippen LogP contribution in [0.25, 0.3) is 0 Å². The average Bonchev–Trinajstić information content (AvgIpc) is 2.81. The van der Waals surface area contributed by atoms with Crippen LogP contribution in [0.1, 0.15) is 33.1 Å². The number of sulfonamides is 1. The summed E-state index contributed by atoms with van der Waals surface area (Å²) >= 11 is 4.42. The van der Waals surface area contributed by atoms with Crippen molar-refractivity contribution in [3.05, 3.63) is 15.9 Å². The Morgan fingerprint density at radius 1 is 1.42 bits per heavy atom. The Balaban J connectivity index is 2.85. The quantitative estimate of drug-likeness (QED) is 0.739. The van der Waals surface area contributed by atoms with Crippen LogP contribution in [0.4, 0.5) is 0 Å². The SMILES string of the molecule is CCC[C@@H](CC)[C@H](CO)NS(=O)(=O)c1ccc(Br)s1. The molecule has 0 bridgehead atoms. The Labute approximate surface area is 127 Å². The normalized spacial score (nSPS) is 15.4. The molecule has 0 amide bonds. The number of aliphatic hydroxyl groups is 1. The van der Waals surface area contributed by atoms with E-state index in [1.807, 2.05) is 6.92 Å². The van der Waals surface area contributed by atoms with Crippen molar-refractivity contribution in [3.8, 4) is 0 Å². The number of halogens is 1. The van der Waals surface area contributed by atoms with Crippen molar-refractivity contribution in [1.29, 1.82) is 0 Å². The molecule has 0 unspecified atom stereocenters. The second-order valence-corrected chi connectivity index (χ2v) is 8.83. The molecule has 4 nitrogen and oxygen atoms in total. The third-order valence-corrected chi connectivity index (χ3v) is 6.67. The molecule has 1 heterocycles. The fourth-order valence-electron chi connectivity index (χ4n) is 2.04. The number of nitrogens with one attached hydrogen (secondary N) is 1. The van der Waals surface area contributed by atoms with E-state index >= 15 is 0 Å². The van der Waals surface area contributed by atoms with E-state index in [2.05, 4.69) is 27.6 Å². The zero-order chi connectivity index (χ0) is 14.5. The molecule has 0 aliphatic carbocycles. The number of thiophene rings is 1. The number of aliphatic hydroxyl groups excluding tert-OH is 1. The number of hydrogen-bond acceptors (Lipinski definition) is 4. The van der Waals surface area contributed by atoms with Gasteiger partial charge in [0.1, 0.15) is 4.21 Å². The fourth-order valence-corrected chi connectivity index (χ4v) is 5.37. The molecular weight excluding hydrogens is 350 g/mol. The first kappa shape index (κ1) is 17.1. The van der Waals surface area contributed by atoms with E-state index in [1.165, 1.54) is 0 Å². The van der Waals surface area contributed by atoms with Crippen LogP contribution < -0.4 is 4.72 Å². The summed E-state index contributed by atoms with van der Waals surface area (Å²) in [5, 5.41) is 9.44. The van der Waals surface area contributed by atoms with Crippen LogP contribution in [0.2, 0.25) is 0 Å². The molecule has 1 aromatic rings. The lowest BCUT2D eigenvalue weighted by molar-refractivity contribution is 0.205. The first-order valence-electron chi connectivity index (χ1n) is 6.33. The van der Waals surface area contributed by atoms with Gasteiger partial charge in [0.25, 0.3) is 0 Å². The molecule has 110 valence electrons. The zero-order valence-electron chi connectivity index (χ0n) is 11.1. The van der Waals surface area contributed by atoms with Crippen LogP contribution in [0.15, 0.2) is 20.1 Å². The second kappa shape index (κ2) is 7.73. The summed E-state index contributed by atoms with van der Waals surface area (Å²) in [6.45, 7) is 3.89. The Morgan fingerprint density at radius 2 is 2.11 bits per heavy atom. The molecule has 0 saturated heterocycles. The van der Waals surface area contributed by atoms with E-state index in [4.69, 9.17) is 0 Å². The zero-order valence-corrected chi connectivity index (χ0v) is 14.3. The lowest BCUT2D eigenvalue weighted by atomic mass is 9.93. The van der Waals surface area contributed by atoms with E-state index in [0.29, 0.717) is 0 Å². The highest BCUT2D eigenvalue weighted by Crippen LogP contribution is 2.27. The maximum absolute atomic E-state index is 12.2. The van der Waals surface area contributed by atoms with Crippen LogP contribution in [0.5, 0.6) is 0 Å². The lowest BCUT2D eigenvalue weighted by Crippen LogP contribution is -2.42. The van der Waals surface area contributed by atoms with E-state index in [0.717, 1.165) is 34.4 Å². The third-order valence-electron chi connectivity index (χ3n) is 3.07. The van der Waals surface area contributed by atoms with Gasteiger partial charge in [0.2, 0.25) is 10.0 Å². The van der Waals surface area contributed by atoms with Crippen LogP contribution in [-0.2, 0) is 10.0 Å². The molecule has 1 rings (SSSR count). The first-order valence-corrected chi connectivity index (χ1v) is 9.42. The molecule has 2 atom stereocenters. The third kappa shape index (κ3) is 4.82.